The van der Waals surface area contributed by atoms with Crippen LogP contribution in [0.2, 0.25) is 0 Å². The van der Waals surface area contributed by atoms with E-state index in [-0.39, 0.29) is 0 Å². The van der Waals surface area contributed by atoms with Gasteiger partial charge in [-0.15, -0.1) is 0 Å². The molecule has 1 aliphatic rings. The highest BCUT2D eigenvalue weighted by atomic mass is 19.1. The Morgan fingerprint density at radius 1 is 0.769 bits per heavy atom. The molecule has 1 fully saturated rings. The number of carbonyl (C=O) groups is 2. The van der Waals surface area contributed by atoms with E-state index in [9.17, 15) is 18.4 Å². The molecule has 2 aromatic carbocycles. The van der Waals surface area contributed by atoms with Crippen LogP contribution in [0.1, 0.15) is 23.0 Å². The second-order valence-corrected chi connectivity index (χ2v) is 6.26. The number of benzene rings is 2. The van der Waals surface area contributed by atoms with E-state index < -0.39 is 47.2 Å². The van der Waals surface area contributed by atoms with E-state index in [1.54, 1.807) is 12.1 Å². The summed E-state index contributed by atoms with van der Waals surface area (Å²) in [6.45, 7) is 0. The molecule has 2 aromatic rings. The molecular weight excluding hydrogens is 342 g/mol. The maximum absolute atomic E-state index is 13.7. The standard InChI is InChI=1S/C20H18F2O4/c1-25-19(23)17-15(11-5-3-7-13(21)9-11)16(18(17)20(24)26-2)12-6-4-8-14(22)10-12/h3-10,15-18H,1-2H3/t15-,16-,17+,18+/m1/s1. The first-order valence-corrected chi connectivity index (χ1v) is 8.14. The summed E-state index contributed by atoms with van der Waals surface area (Å²) in [7, 11) is 2.46. The predicted molar refractivity (Wildman–Crippen MR) is 89.3 cm³/mol. The summed E-state index contributed by atoms with van der Waals surface area (Å²) in [5.74, 6) is -4.78. The number of esters is 2. The van der Waals surface area contributed by atoms with Gasteiger partial charge < -0.3 is 9.47 Å². The van der Waals surface area contributed by atoms with Crippen molar-refractivity contribution < 1.29 is 27.8 Å². The summed E-state index contributed by atoms with van der Waals surface area (Å²) < 4.78 is 37.2. The van der Waals surface area contributed by atoms with Gasteiger partial charge in [0.15, 0.2) is 0 Å². The Labute approximate surface area is 149 Å². The number of hydrogen-bond donors (Lipinski definition) is 0. The molecule has 0 spiro atoms. The molecule has 4 atom stereocenters. The van der Waals surface area contributed by atoms with Crippen molar-refractivity contribution in [2.24, 2.45) is 11.8 Å². The minimum absolute atomic E-state index is 0.453. The Morgan fingerprint density at radius 3 is 1.46 bits per heavy atom. The van der Waals surface area contributed by atoms with Crippen molar-refractivity contribution in [3.8, 4) is 0 Å². The molecule has 136 valence electrons. The van der Waals surface area contributed by atoms with Gasteiger partial charge in [-0.3, -0.25) is 9.59 Å². The Bertz CT molecular complexity index is 767. The highest BCUT2D eigenvalue weighted by Gasteiger charge is 2.59. The number of ether oxygens (including phenoxy) is 2. The predicted octanol–water partition coefficient (Wildman–Crippen LogP) is 3.42. The molecule has 0 bridgehead atoms. The van der Waals surface area contributed by atoms with Crippen molar-refractivity contribution in [2.75, 3.05) is 14.2 Å². The molecule has 26 heavy (non-hydrogen) atoms. The Hall–Kier alpha value is -2.76. The summed E-state index contributed by atoms with van der Waals surface area (Å²) in [6, 6.07) is 11.7. The van der Waals surface area contributed by atoms with Crippen LogP contribution in [0.15, 0.2) is 48.5 Å². The molecule has 0 aromatic heterocycles. The zero-order chi connectivity index (χ0) is 18.8. The highest BCUT2D eigenvalue weighted by molar-refractivity contribution is 5.87. The van der Waals surface area contributed by atoms with E-state index in [2.05, 4.69) is 0 Å². The number of halogens is 2. The summed E-state index contributed by atoms with van der Waals surface area (Å²) in [6.07, 6.45) is 0. The van der Waals surface area contributed by atoms with Gasteiger partial charge in [0, 0.05) is 11.8 Å². The van der Waals surface area contributed by atoms with Gasteiger partial charge in [0.25, 0.3) is 0 Å². The lowest BCUT2D eigenvalue weighted by Gasteiger charge is -2.49. The number of rotatable bonds is 4. The molecule has 4 nitrogen and oxygen atoms in total. The largest absolute Gasteiger partial charge is 0.469 e. The third-order valence-corrected chi connectivity index (χ3v) is 4.96. The molecule has 0 aliphatic heterocycles. The monoisotopic (exact) mass is 360 g/mol. The van der Waals surface area contributed by atoms with Gasteiger partial charge in [-0.1, -0.05) is 24.3 Å². The third-order valence-electron chi connectivity index (χ3n) is 4.96. The highest BCUT2D eigenvalue weighted by Crippen LogP contribution is 2.58. The third kappa shape index (κ3) is 3.07. The van der Waals surface area contributed by atoms with Crippen molar-refractivity contribution in [3.63, 3.8) is 0 Å². The zero-order valence-electron chi connectivity index (χ0n) is 14.3. The molecule has 0 unspecified atom stereocenters. The maximum Gasteiger partial charge on any atom is 0.310 e. The average molecular weight is 360 g/mol. The van der Waals surface area contributed by atoms with Crippen molar-refractivity contribution in [1.29, 1.82) is 0 Å². The van der Waals surface area contributed by atoms with E-state index >= 15 is 0 Å². The molecule has 0 N–H and O–H groups in total. The van der Waals surface area contributed by atoms with Gasteiger partial charge in [-0.25, -0.2) is 8.78 Å². The summed E-state index contributed by atoms with van der Waals surface area (Å²) in [4.78, 5) is 24.7. The van der Waals surface area contributed by atoms with E-state index in [0.29, 0.717) is 11.1 Å². The minimum Gasteiger partial charge on any atom is -0.469 e. The summed E-state index contributed by atoms with van der Waals surface area (Å²) in [5, 5.41) is 0. The SMILES string of the molecule is COC(=O)[C@@H]1[C@@H](C(=O)OC)[C@H](c2cccc(F)c2)[C@H]1c1cccc(F)c1. The van der Waals surface area contributed by atoms with Gasteiger partial charge in [0.2, 0.25) is 0 Å². The molecule has 6 heteroatoms. The van der Waals surface area contributed by atoms with Gasteiger partial charge >= 0.3 is 11.9 Å². The first kappa shape index (κ1) is 18.0. The molecule has 3 rings (SSSR count). The van der Waals surface area contributed by atoms with Gasteiger partial charge in [0.1, 0.15) is 11.6 Å². The summed E-state index contributed by atoms with van der Waals surface area (Å²) >= 11 is 0. The van der Waals surface area contributed by atoms with Crippen LogP contribution >= 0.6 is 0 Å². The molecule has 0 heterocycles. The minimum atomic E-state index is -0.831. The Morgan fingerprint density at radius 2 is 1.15 bits per heavy atom. The lowest BCUT2D eigenvalue weighted by atomic mass is 9.52. The van der Waals surface area contributed by atoms with Crippen LogP contribution in [0.5, 0.6) is 0 Å². The first-order valence-electron chi connectivity index (χ1n) is 8.14. The fourth-order valence-corrected chi connectivity index (χ4v) is 3.86. The van der Waals surface area contributed by atoms with Crippen LogP contribution in [0.25, 0.3) is 0 Å². The summed E-state index contributed by atoms with van der Waals surface area (Å²) in [5.41, 5.74) is 1.10. The Balaban J connectivity index is 2.11. The maximum atomic E-state index is 13.7. The van der Waals surface area contributed by atoms with E-state index in [4.69, 9.17) is 9.47 Å². The van der Waals surface area contributed by atoms with Crippen LogP contribution in [0, 0.1) is 23.5 Å². The fourth-order valence-electron chi connectivity index (χ4n) is 3.86. The van der Waals surface area contributed by atoms with Crippen molar-refractivity contribution >= 4 is 11.9 Å². The Kier molecular flexibility index (Phi) is 5.02. The fraction of sp³-hybridized carbons (Fsp3) is 0.300. The lowest BCUT2D eigenvalue weighted by molar-refractivity contribution is -0.168. The van der Waals surface area contributed by atoms with E-state index in [1.807, 2.05) is 0 Å². The smallest absolute Gasteiger partial charge is 0.310 e. The second-order valence-electron chi connectivity index (χ2n) is 6.26. The van der Waals surface area contributed by atoms with Crippen LogP contribution in [0.3, 0.4) is 0 Å². The van der Waals surface area contributed by atoms with Crippen molar-refractivity contribution in [3.05, 3.63) is 71.3 Å². The number of carbonyl (C=O) groups excluding carboxylic acids is 2. The van der Waals surface area contributed by atoms with Crippen LogP contribution < -0.4 is 0 Å². The molecule has 0 saturated heterocycles. The topological polar surface area (TPSA) is 52.6 Å². The quantitative estimate of drug-likeness (QED) is 0.784. The zero-order valence-corrected chi connectivity index (χ0v) is 14.3. The van der Waals surface area contributed by atoms with Crippen LogP contribution in [0.4, 0.5) is 8.78 Å². The number of hydrogen-bond acceptors (Lipinski definition) is 4. The van der Waals surface area contributed by atoms with Crippen LogP contribution in [-0.2, 0) is 19.1 Å². The molecule has 0 amide bonds. The number of methoxy groups -OCH3 is 2. The molecular formula is C20H18F2O4. The second kappa shape index (κ2) is 7.23. The van der Waals surface area contributed by atoms with Crippen molar-refractivity contribution in [1.82, 2.24) is 0 Å². The van der Waals surface area contributed by atoms with E-state index in [0.717, 1.165) is 0 Å². The normalized spacial score (nSPS) is 24.5. The van der Waals surface area contributed by atoms with Crippen molar-refractivity contribution in [2.45, 2.75) is 11.8 Å². The lowest BCUT2D eigenvalue weighted by Crippen LogP contribution is -2.52. The first-order chi connectivity index (χ1) is 12.5. The van der Waals surface area contributed by atoms with Gasteiger partial charge in [-0.2, -0.15) is 0 Å². The molecule has 1 saturated carbocycles. The average Bonchev–Trinajstić information content (AvgIpc) is 2.60. The van der Waals surface area contributed by atoms with Gasteiger partial charge in [-0.05, 0) is 35.4 Å². The molecule has 0 radical (unpaired) electrons. The van der Waals surface area contributed by atoms with Crippen LogP contribution in [-0.4, -0.2) is 26.2 Å². The molecule has 1 aliphatic carbocycles. The van der Waals surface area contributed by atoms with Gasteiger partial charge in [0.05, 0.1) is 26.1 Å². The van der Waals surface area contributed by atoms with E-state index in [1.165, 1.54) is 50.6 Å².